The summed E-state index contributed by atoms with van der Waals surface area (Å²) in [4.78, 5) is 21.9. The van der Waals surface area contributed by atoms with Gasteiger partial charge >= 0.3 is 0 Å². The van der Waals surface area contributed by atoms with Crippen molar-refractivity contribution in [3.63, 3.8) is 0 Å². The fraction of sp³-hybridized carbons (Fsp3) is 0.304. The predicted molar refractivity (Wildman–Crippen MR) is 112 cm³/mol. The zero-order valence-corrected chi connectivity index (χ0v) is 16.0. The highest BCUT2D eigenvalue weighted by molar-refractivity contribution is 6.00. The van der Waals surface area contributed by atoms with Crippen molar-refractivity contribution < 1.29 is 4.79 Å². The smallest absolute Gasteiger partial charge is 0.253 e. The topological polar surface area (TPSA) is 62.5 Å². The first-order valence-corrected chi connectivity index (χ1v) is 9.81. The molecule has 0 radical (unpaired) electrons. The number of likely N-dealkylation sites (tertiary alicyclic amines) is 2. The molecule has 3 aromatic rings. The number of rotatable bonds is 2. The van der Waals surface area contributed by atoms with Gasteiger partial charge in [0.05, 0.1) is 5.52 Å². The van der Waals surface area contributed by atoms with E-state index in [1.807, 2.05) is 53.4 Å². The first kappa shape index (κ1) is 17.2. The SMILES string of the molecule is CN1C[C@@H]2CN(C(=O)c3ccc(-c4cccc5c(N)ccnc45)cc3)C[C@@H]2C1. The number of amides is 1. The first-order chi connectivity index (χ1) is 13.6. The van der Waals surface area contributed by atoms with Crippen molar-refractivity contribution >= 4 is 22.5 Å². The van der Waals surface area contributed by atoms with Crippen molar-refractivity contribution in [1.29, 1.82) is 0 Å². The van der Waals surface area contributed by atoms with Crippen LogP contribution in [0.2, 0.25) is 0 Å². The van der Waals surface area contributed by atoms with Gasteiger partial charge in [-0.15, -0.1) is 0 Å². The van der Waals surface area contributed by atoms with Crippen molar-refractivity contribution in [2.24, 2.45) is 11.8 Å². The summed E-state index contributed by atoms with van der Waals surface area (Å²) in [6.07, 6.45) is 1.74. The molecule has 5 nitrogen and oxygen atoms in total. The second-order valence-electron chi connectivity index (χ2n) is 8.13. The fourth-order valence-corrected chi connectivity index (χ4v) is 4.80. The molecule has 0 bridgehead atoms. The second kappa shape index (κ2) is 6.60. The predicted octanol–water partition coefficient (Wildman–Crippen LogP) is 3.12. The van der Waals surface area contributed by atoms with E-state index in [1.165, 1.54) is 0 Å². The average Bonchev–Trinajstić information content (AvgIpc) is 3.25. The number of carbonyl (C=O) groups is 1. The minimum absolute atomic E-state index is 0.142. The van der Waals surface area contributed by atoms with E-state index in [1.54, 1.807) is 6.20 Å². The van der Waals surface area contributed by atoms with Crippen LogP contribution in [0.15, 0.2) is 54.7 Å². The number of para-hydroxylation sites is 1. The Kier molecular flexibility index (Phi) is 4.05. The van der Waals surface area contributed by atoms with Gasteiger partial charge in [-0.05, 0) is 42.6 Å². The molecule has 2 aromatic carbocycles. The van der Waals surface area contributed by atoms with Gasteiger partial charge in [-0.25, -0.2) is 0 Å². The van der Waals surface area contributed by atoms with Gasteiger partial charge in [-0.3, -0.25) is 9.78 Å². The van der Waals surface area contributed by atoms with Crippen molar-refractivity contribution in [1.82, 2.24) is 14.8 Å². The minimum Gasteiger partial charge on any atom is -0.398 e. The van der Waals surface area contributed by atoms with E-state index in [2.05, 4.69) is 16.9 Å². The molecule has 2 saturated heterocycles. The summed E-state index contributed by atoms with van der Waals surface area (Å²) in [6, 6.07) is 15.7. The molecule has 5 heteroatoms. The van der Waals surface area contributed by atoms with E-state index in [-0.39, 0.29) is 5.91 Å². The number of nitrogen functional groups attached to an aromatic ring is 1. The molecule has 0 saturated carbocycles. The summed E-state index contributed by atoms with van der Waals surface area (Å²) in [7, 11) is 2.17. The lowest BCUT2D eigenvalue weighted by atomic mass is 10.00. The molecule has 1 amide bonds. The number of fused-ring (bicyclic) bond motifs is 2. The Morgan fingerprint density at radius 3 is 2.43 bits per heavy atom. The van der Waals surface area contributed by atoms with E-state index in [4.69, 9.17) is 5.73 Å². The third-order valence-corrected chi connectivity index (χ3v) is 6.20. The molecule has 3 heterocycles. The third kappa shape index (κ3) is 2.83. The van der Waals surface area contributed by atoms with Crippen LogP contribution in [0.1, 0.15) is 10.4 Å². The average molecular weight is 372 g/mol. The number of anilines is 1. The van der Waals surface area contributed by atoms with Crippen molar-refractivity contribution in [3.8, 4) is 11.1 Å². The molecule has 2 atom stereocenters. The van der Waals surface area contributed by atoms with Crippen LogP contribution in [0.4, 0.5) is 5.69 Å². The number of benzene rings is 2. The lowest BCUT2D eigenvalue weighted by molar-refractivity contribution is 0.0776. The monoisotopic (exact) mass is 372 g/mol. The standard InChI is InChI=1S/C23H24N4O/c1-26-11-17-13-27(14-18(17)12-26)23(28)16-7-5-15(6-8-16)19-3-2-4-20-21(24)9-10-25-22(19)20/h2-10,17-18H,11-14H2,1H3,(H2,24,25)/t17-,18+. The maximum atomic E-state index is 12.9. The Morgan fingerprint density at radius 2 is 1.71 bits per heavy atom. The van der Waals surface area contributed by atoms with Crippen LogP contribution in [0, 0.1) is 11.8 Å². The summed E-state index contributed by atoms with van der Waals surface area (Å²) < 4.78 is 0. The van der Waals surface area contributed by atoms with E-state index >= 15 is 0 Å². The van der Waals surface area contributed by atoms with Gasteiger partial charge in [0.1, 0.15) is 0 Å². The Labute approximate surface area is 164 Å². The largest absolute Gasteiger partial charge is 0.398 e. The maximum absolute atomic E-state index is 12.9. The van der Waals surface area contributed by atoms with E-state index in [0.29, 0.717) is 11.8 Å². The number of hydrogen-bond donors (Lipinski definition) is 1. The highest BCUT2D eigenvalue weighted by Gasteiger charge is 2.40. The van der Waals surface area contributed by atoms with Gasteiger partial charge in [-0.1, -0.05) is 30.3 Å². The molecule has 2 fully saturated rings. The van der Waals surface area contributed by atoms with Gasteiger partial charge < -0.3 is 15.5 Å². The summed E-state index contributed by atoms with van der Waals surface area (Å²) in [5.41, 5.74) is 10.5. The molecular formula is C23H24N4O. The van der Waals surface area contributed by atoms with E-state index in [9.17, 15) is 4.79 Å². The molecule has 142 valence electrons. The van der Waals surface area contributed by atoms with Crippen LogP contribution in [-0.4, -0.2) is 53.9 Å². The number of nitrogens with zero attached hydrogens (tertiary/aromatic N) is 3. The van der Waals surface area contributed by atoms with Crippen molar-refractivity contribution in [2.45, 2.75) is 0 Å². The molecule has 28 heavy (non-hydrogen) atoms. The quantitative estimate of drug-likeness (QED) is 0.751. The zero-order valence-electron chi connectivity index (χ0n) is 16.0. The van der Waals surface area contributed by atoms with Crippen LogP contribution in [0.3, 0.4) is 0 Å². The van der Waals surface area contributed by atoms with Crippen LogP contribution in [0.5, 0.6) is 0 Å². The molecule has 2 aliphatic heterocycles. The molecule has 0 aliphatic carbocycles. The zero-order chi connectivity index (χ0) is 19.3. The van der Waals surface area contributed by atoms with Crippen molar-refractivity contribution in [2.75, 3.05) is 39.0 Å². The van der Waals surface area contributed by atoms with Crippen molar-refractivity contribution in [3.05, 3.63) is 60.3 Å². The Bertz CT molecular complexity index is 1030. The lowest BCUT2D eigenvalue weighted by Crippen LogP contribution is -2.32. The molecule has 0 unspecified atom stereocenters. The highest BCUT2D eigenvalue weighted by atomic mass is 16.2. The minimum atomic E-state index is 0.142. The maximum Gasteiger partial charge on any atom is 0.253 e. The molecular weight excluding hydrogens is 348 g/mol. The molecule has 2 aliphatic rings. The highest BCUT2D eigenvalue weighted by Crippen LogP contribution is 2.32. The normalized spacial score (nSPS) is 22.0. The number of hydrogen-bond acceptors (Lipinski definition) is 4. The third-order valence-electron chi connectivity index (χ3n) is 6.20. The molecule has 2 N–H and O–H groups in total. The van der Waals surface area contributed by atoms with Crippen LogP contribution >= 0.6 is 0 Å². The first-order valence-electron chi connectivity index (χ1n) is 9.81. The molecule has 0 spiro atoms. The number of aromatic nitrogens is 1. The lowest BCUT2D eigenvalue weighted by Gasteiger charge is -2.19. The second-order valence-corrected chi connectivity index (χ2v) is 8.13. The molecule has 1 aromatic heterocycles. The number of nitrogens with two attached hydrogens (primary N) is 1. The summed E-state index contributed by atoms with van der Waals surface area (Å²) >= 11 is 0. The summed E-state index contributed by atoms with van der Waals surface area (Å²) in [6.45, 7) is 3.96. The van der Waals surface area contributed by atoms with Gasteiger partial charge in [0, 0.05) is 54.6 Å². The Balaban J connectivity index is 1.40. The Hall–Kier alpha value is -2.92. The summed E-state index contributed by atoms with van der Waals surface area (Å²) in [5.74, 6) is 1.39. The van der Waals surface area contributed by atoms with Gasteiger partial charge in [0.2, 0.25) is 0 Å². The molecule has 5 rings (SSSR count). The van der Waals surface area contributed by atoms with Crippen LogP contribution in [0.25, 0.3) is 22.0 Å². The van der Waals surface area contributed by atoms with E-state index < -0.39 is 0 Å². The Morgan fingerprint density at radius 1 is 1.00 bits per heavy atom. The number of pyridine rings is 1. The fourth-order valence-electron chi connectivity index (χ4n) is 4.80. The van der Waals surface area contributed by atoms with E-state index in [0.717, 1.165) is 59.5 Å². The van der Waals surface area contributed by atoms with Gasteiger partial charge in [0.25, 0.3) is 5.91 Å². The summed E-state index contributed by atoms with van der Waals surface area (Å²) in [5, 5.41) is 0.953. The van der Waals surface area contributed by atoms with Crippen LogP contribution in [-0.2, 0) is 0 Å². The van der Waals surface area contributed by atoms with Crippen LogP contribution < -0.4 is 5.73 Å². The van der Waals surface area contributed by atoms with Gasteiger partial charge in [0.15, 0.2) is 0 Å². The van der Waals surface area contributed by atoms with Gasteiger partial charge in [-0.2, -0.15) is 0 Å². The number of carbonyl (C=O) groups excluding carboxylic acids is 1.